The molecular formula is C23H21Cl2NO2. The number of halogens is 2. The van der Waals surface area contributed by atoms with Gasteiger partial charge in [0.15, 0.2) is 11.5 Å². The van der Waals surface area contributed by atoms with E-state index in [0.717, 1.165) is 27.9 Å². The van der Waals surface area contributed by atoms with Crippen LogP contribution in [0.2, 0.25) is 10.0 Å². The number of aliphatic imine (C=N–C) groups is 1. The predicted octanol–water partition coefficient (Wildman–Crippen LogP) is 6.95. The maximum atomic E-state index is 6.46. The number of methoxy groups -OCH3 is 1. The minimum absolute atomic E-state index is 0.297. The lowest BCUT2D eigenvalue weighted by Gasteiger charge is -2.14. The molecule has 5 heteroatoms. The summed E-state index contributed by atoms with van der Waals surface area (Å²) >= 11 is 12.6. The average Bonchev–Trinajstić information content (AvgIpc) is 2.68. The Morgan fingerprint density at radius 3 is 2.50 bits per heavy atom. The molecule has 28 heavy (non-hydrogen) atoms. The Bertz CT molecular complexity index is 1020. The van der Waals surface area contributed by atoms with Crippen molar-refractivity contribution >= 4 is 35.1 Å². The summed E-state index contributed by atoms with van der Waals surface area (Å²) < 4.78 is 11.4. The van der Waals surface area contributed by atoms with Gasteiger partial charge in [0.2, 0.25) is 0 Å². The van der Waals surface area contributed by atoms with E-state index < -0.39 is 0 Å². The standard InChI is InChI=1S/C23H21Cl2NO2/c1-15-8-9-16(2)21(10-15)26-13-17-11-20(25)23(22(12-17)27-3)28-14-18-6-4-5-7-19(18)24/h4-13H,14H2,1-3H3. The molecule has 0 heterocycles. The van der Waals surface area contributed by atoms with E-state index in [-0.39, 0.29) is 0 Å². The van der Waals surface area contributed by atoms with Crippen molar-refractivity contribution in [1.82, 2.24) is 0 Å². The molecule has 0 amide bonds. The second-order valence-corrected chi connectivity index (χ2v) is 7.28. The summed E-state index contributed by atoms with van der Waals surface area (Å²) in [5.41, 5.74) is 4.90. The van der Waals surface area contributed by atoms with Crippen molar-refractivity contribution < 1.29 is 9.47 Å². The van der Waals surface area contributed by atoms with Crippen LogP contribution in [0.3, 0.4) is 0 Å². The van der Waals surface area contributed by atoms with Crippen LogP contribution in [0.15, 0.2) is 59.6 Å². The first-order chi connectivity index (χ1) is 13.5. The van der Waals surface area contributed by atoms with Crippen LogP contribution >= 0.6 is 23.2 Å². The third kappa shape index (κ3) is 4.86. The van der Waals surface area contributed by atoms with Crippen LogP contribution in [0.4, 0.5) is 5.69 Å². The van der Waals surface area contributed by atoms with Gasteiger partial charge in [0.1, 0.15) is 6.61 Å². The van der Waals surface area contributed by atoms with E-state index in [2.05, 4.69) is 17.1 Å². The Labute approximate surface area is 175 Å². The number of benzene rings is 3. The minimum atomic E-state index is 0.297. The molecule has 0 radical (unpaired) electrons. The number of hydrogen-bond donors (Lipinski definition) is 0. The van der Waals surface area contributed by atoms with E-state index in [1.807, 2.05) is 50.2 Å². The normalized spacial score (nSPS) is 11.0. The highest BCUT2D eigenvalue weighted by Crippen LogP contribution is 2.37. The number of ether oxygens (including phenoxy) is 2. The van der Waals surface area contributed by atoms with E-state index in [1.165, 1.54) is 0 Å². The van der Waals surface area contributed by atoms with Crippen molar-refractivity contribution in [1.29, 1.82) is 0 Å². The number of nitrogens with zero attached hydrogens (tertiary/aromatic N) is 1. The summed E-state index contributed by atoms with van der Waals surface area (Å²) in [6.45, 7) is 4.38. The van der Waals surface area contributed by atoms with Gasteiger partial charge in [0.05, 0.1) is 17.8 Å². The molecule has 0 bridgehead atoms. The van der Waals surface area contributed by atoms with Crippen molar-refractivity contribution in [2.75, 3.05) is 7.11 Å². The molecule has 3 nitrogen and oxygen atoms in total. The Balaban J connectivity index is 1.84. The Morgan fingerprint density at radius 1 is 0.964 bits per heavy atom. The summed E-state index contributed by atoms with van der Waals surface area (Å²) in [5, 5.41) is 1.10. The van der Waals surface area contributed by atoms with Crippen LogP contribution in [0.5, 0.6) is 11.5 Å². The number of rotatable bonds is 6. The van der Waals surface area contributed by atoms with Crippen molar-refractivity contribution in [3.05, 3.63) is 86.9 Å². The highest BCUT2D eigenvalue weighted by atomic mass is 35.5. The Kier molecular flexibility index (Phi) is 6.61. The van der Waals surface area contributed by atoms with Crippen LogP contribution in [0.25, 0.3) is 0 Å². The molecule has 0 atom stereocenters. The lowest BCUT2D eigenvalue weighted by molar-refractivity contribution is 0.285. The molecule has 0 saturated heterocycles. The van der Waals surface area contributed by atoms with Gasteiger partial charge < -0.3 is 9.47 Å². The Morgan fingerprint density at radius 2 is 1.75 bits per heavy atom. The first-order valence-corrected chi connectivity index (χ1v) is 9.58. The summed E-state index contributed by atoms with van der Waals surface area (Å²) in [6.07, 6.45) is 1.77. The summed E-state index contributed by atoms with van der Waals surface area (Å²) in [4.78, 5) is 4.59. The molecule has 0 aromatic heterocycles. The summed E-state index contributed by atoms with van der Waals surface area (Å²) in [5.74, 6) is 1.02. The van der Waals surface area contributed by atoms with Crippen molar-refractivity contribution in [3.8, 4) is 11.5 Å². The van der Waals surface area contributed by atoms with Gasteiger partial charge in [0.25, 0.3) is 0 Å². The first-order valence-electron chi connectivity index (χ1n) is 8.83. The third-order valence-electron chi connectivity index (χ3n) is 4.30. The lowest BCUT2D eigenvalue weighted by atomic mass is 10.1. The molecule has 0 N–H and O–H groups in total. The number of aryl methyl sites for hydroxylation is 2. The van der Waals surface area contributed by atoms with Gasteiger partial charge in [-0.2, -0.15) is 0 Å². The van der Waals surface area contributed by atoms with Crippen molar-refractivity contribution in [2.45, 2.75) is 20.5 Å². The molecule has 0 saturated carbocycles. The van der Waals surface area contributed by atoms with E-state index in [9.17, 15) is 0 Å². The predicted molar refractivity (Wildman–Crippen MR) is 117 cm³/mol. The summed E-state index contributed by atoms with van der Waals surface area (Å²) in [7, 11) is 1.58. The highest BCUT2D eigenvalue weighted by Gasteiger charge is 2.12. The van der Waals surface area contributed by atoms with Gasteiger partial charge in [-0.1, -0.05) is 53.5 Å². The van der Waals surface area contributed by atoms with E-state index >= 15 is 0 Å². The van der Waals surface area contributed by atoms with Gasteiger partial charge in [-0.15, -0.1) is 0 Å². The maximum absolute atomic E-state index is 6.46. The van der Waals surface area contributed by atoms with Crippen molar-refractivity contribution in [2.24, 2.45) is 4.99 Å². The topological polar surface area (TPSA) is 30.8 Å². The highest BCUT2D eigenvalue weighted by molar-refractivity contribution is 6.32. The first kappa shape index (κ1) is 20.2. The zero-order chi connectivity index (χ0) is 20.1. The fourth-order valence-electron chi connectivity index (χ4n) is 2.72. The molecule has 0 unspecified atom stereocenters. The van der Waals surface area contributed by atoms with E-state index in [0.29, 0.717) is 28.2 Å². The maximum Gasteiger partial charge on any atom is 0.180 e. The fourth-order valence-corrected chi connectivity index (χ4v) is 3.19. The molecular weight excluding hydrogens is 393 g/mol. The van der Waals surface area contributed by atoms with Crippen LogP contribution < -0.4 is 9.47 Å². The zero-order valence-electron chi connectivity index (χ0n) is 16.0. The largest absolute Gasteiger partial charge is 0.493 e. The average molecular weight is 414 g/mol. The third-order valence-corrected chi connectivity index (χ3v) is 4.95. The molecule has 0 fully saturated rings. The summed E-state index contributed by atoms with van der Waals surface area (Å²) in [6, 6.07) is 17.4. The van der Waals surface area contributed by atoms with Crippen LogP contribution in [0.1, 0.15) is 22.3 Å². The van der Waals surface area contributed by atoms with Crippen LogP contribution in [0, 0.1) is 13.8 Å². The second-order valence-electron chi connectivity index (χ2n) is 6.46. The van der Waals surface area contributed by atoms with Crippen LogP contribution in [-0.2, 0) is 6.61 Å². The van der Waals surface area contributed by atoms with Gasteiger partial charge in [-0.25, -0.2) is 0 Å². The van der Waals surface area contributed by atoms with E-state index in [1.54, 1.807) is 19.4 Å². The van der Waals surface area contributed by atoms with Crippen LogP contribution in [-0.4, -0.2) is 13.3 Å². The molecule has 0 aliphatic heterocycles. The molecule has 0 aliphatic rings. The minimum Gasteiger partial charge on any atom is -0.493 e. The van der Waals surface area contributed by atoms with Gasteiger partial charge in [-0.3, -0.25) is 4.99 Å². The molecule has 144 valence electrons. The van der Waals surface area contributed by atoms with Gasteiger partial charge in [-0.05, 0) is 54.8 Å². The van der Waals surface area contributed by atoms with Crippen molar-refractivity contribution in [3.63, 3.8) is 0 Å². The molecule has 3 aromatic carbocycles. The SMILES string of the molecule is COc1cc(C=Nc2cc(C)ccc2C)cc(Cl)c1OCc1ccccc1Cl. The molecule has 0 aliphatic carbocycles. The Hall–Kier alpha value is -2.49. The smallest absolute Gasteiger partial charge is 0.180 e. The fraction of sp³-hybridized carbons (Fsp3) is 0.174. The molecule has 3 rings (SSSR count). The molecule has 0 spiro atoms. The second kappa shape index (κ2) is 9.13. The molecule has 3 aromatic rings. The number of hydrogen-bond acceptors (Lipinski definition) is 3. The zero-order valence-corrected chi connectivity index (χ0v) is 17.5. The monoisotopic (exact) mass is 413 g/mol. The van der Waals surface area contributed by atoms with E-state index in [4.69, 9.17) is 32.7 Å². The van der Waals surface area contributed by atoms with Gasteiger partial charge in [0, 0.05) is 16.8 Å². The van der Waals surface area contributed by atoms with Gasteiger partial charge >= 0.3 is 0 Å². The quantitative estimate of drug-likeness (QED) is 0.409. The lowest BCUT2D eigenvalue weighted by Crippen LogP contribution is -2.00.